The molecule has 4 heteroatoms. The lowest BCUT2D eigenvalue weighted by atomic mass is 10.0. The Morgan fingerprint density at radius 1 is 1.27 bits per heavy atom. The molecule has 1 heterocycles. The van der Waals surface area contributed by atoms with Crippen LogP contribution in [0.15, 0.2) is 18.2 Å². The standard InChI is InChI=1S/C11H14N2O2/c12-11(14)15-10-2-1-8-3-5-13-6-4-9(8)7-10/h1-2,7,13H,3-6H2,(H2,12,14). The Morgan fingerprint density at radius 2 is 2.00 bits per heavy atom. The molecule has 1 aliphatic rings. The molecule has 1 aliphatic heterocycles. The Bertz CT molecular complexity index is 377. The Balaban J connectivity index is 2.23. The molecule has 4 nitrogen and oxygen atoms in total. The number of carbonyl (C=O) groups is 1. The largest absolute Gasteiger partial charge is 0.410 e. The van der Waals surface area contributed by atoms with Gasteiger partial charge in [0.15, 0.2) is 0 Å². The molecular weight excluding hydrogens is 192 g/mol. The Morgan fingerprint density at radius 3 is 2.73 bits per heavy atom. The van der Waals surface area contributed by atoms with E-state index in [0.717, 1.165) is 25.9 Å². The SMILES string of the molecule is NC(=O)Oc1ccc2c(c1)CCNCC2. The maximum atomic E-state index is 10.6. The van der Waals surface area contributed by atoms with E-state index in [2.05, 4.69) is 5.32 Å². The molecule has 0 aliphatic carbocycles. The molecule has 0 spiro atoms. The minimum atomic E-state index is -0.762. The van der Waals surface area contributed by atoms with Crippen molar-refractivity contribution in [1.29, 1.82) is 0 Å². The number of nitrogens with one attached hydrogen (secondary N) is 1. The summed E-state index contributed by atoms with van der Waals surface area (Å²) in [5.41, 5.74) is 7.51. The molecular formula is C11H14N2O2. The van der Waals surface area contributed by atoms with E-state index in [-0.39, 0.29) is 0 Å². The summed E-state index contributed by atoms with van der Waals surface area (Å²) in [6, 6.07) is 5.68. The van der Waals surface area contributed by atoms with Crippen LogP contribution < -0.4 is 15.8 Å². The molecule has 1 aromatic rings. The number of amides is 1. The lowest BCUT2D eigenvalue weighted by Gasteiger charge is -2.07. The number of primary amides is 1. The topological polar surface area (TPSA) is 64.4 Å². The smallest absolute Gasteiger partial charge is 0.409 e. The highest BCUT2D eigenvalue weighted by Crippen LogP contribution is 2.20. The van der Waals surface area contributed by atoms with Crippen LogP contribution in [0.2, 0.25) is 0 Å². The van der Waals surface area contributed by atoms with Crippen molar-refractivity contribution in [3.05, 3.63) is 29.3 Å². The van der Waals surface area contributed by atoms with Gasteiger partial charge in [-0.25, -0.2) is 4.79 Å². The second-order valence-corrected chi connectivity index (χ2v) is 3.60. The highest BCUT2D eigenvalue weighted by Gasteiger charge is 2.09. The van der Waals surface area contributed by atoms with Crippen molar-refractivity contribution in [3.8, 4) is 5.75 Å². The minimum absolute atomic E-state index is 0.531. The number of carbonyl (C=O) groups excluding carboxylic acids is 1. The van der Waals surface area contributed by atoms with Gasteiger partial charge in [-0.05, 0) is 49.2 Å². The predicted octanol–water partition coefficient (Wildman–Crippen LogP) is 0.832. The molecule has 0 fully saturated rings. The van der Waals surface area contributed by atoms with Gasteiger partial charge in [-0.1, -0.05) is 6.07 Å². The van der Waals surface area contributed by atoms with Crippen molar-refractivity contribution in [2.45, 2.75) is 12.8 Å². The third-order valence-electron chi connectivity index (χ3n) is 2.54. The average molecular weight is 206 g/mol. The Hall–Kier alpha value is -1.55. The van der Waals surface area contributed by atoms with Gasteiger partial charge >= 0.3 is 6.09 Å². The fourth-order valence-electron chi connectivity index (χ4n) is 1.83. The molecule has 80 valence electrons. The van der Waals surface area contributed by atoms with Crippen LogP contribution in [0.5, 0.6) is 5.75 Å². The molecule has 1 aromatic carbocycles. The Kier molecular flexibility index (Phi) is 2.87. The van der Waals surface area contributed by atoms with E-state index in [0.29, 0.717) is 5.75 Å². The third kappa shape index (κ3) is 2.47. The van der Waals surface area contributed by atoms with Gasteiger partial charge in [0, 0.05) is 0 Å². The zero-order valence-corrected chi connectivity index (χ0v) is 8.45. The maximum Gasteiger partial charge on any atom is 0.409 e. The first-order valence-corrected chi connectivity index (χ1v) is 5.05. The van der Waals surface area contributed by atoms with Crippen molar-refractivity contribution >= 4 is 6.09 Å². The van der Waals surface area contributed by atoms with Crippen molar-refractivity contribution in [3.63, 3.8) is 0 Å². The summed E-state index contributed by atoms with van der Waals surface area (Å²) in [4.78, 5) is 10.6. The van der Waals surface area contributed by atoms with Crippen LogP contribution >= 0.6 is 0 Å². The van der Waals surface area contributed by atoms with E-state index >= 15 is 0 Å². The van der Waals surface area contributed by atoms with Gasteiger partial charge in [0.05, 0.1) is 0 Å². The van der Waals surface area contributed by atoms with Gasteiger partial charge in [-0.15, -0.1) is 0 Å². The molecule has 2 rings (SSSR count). The van der Waals surface area contributed by atoms with E-state index in [4.69, 9.17) is 10.5 Å². The third-order valence-corrected chi connectivity index (χ3v) is 2.54. The summed E-state index contributed by atoms with van der Waals surface area (Å²) < 4.78 is 4.84. The zero-order valence-electron chi connectivity index (χ0n) is 8.45. The van der Waals surface area contributed by atoms with Gasteiger partial charge < -0.3 is 15.8 Å². The molecule has 0 saturated heterocycles. The lowest BCUT2D eigenvalue weighted by molar-refractivity contribution is 0.211. The van der Waals surface area contributed by atoms with Crippen LogP contribution in [0.3, 0.4) is 0 Å². The predicted molar refractivity (Wildman–Crippen MR) is 56.9 cm³/mol. The van der Waals surface area contributed by atoms with Crippen LogP contribution in [0, 0.1) is 0 Å². The summed E-state index contributed by atoms with van der Waals surface area (Å²) >= 11 is 0. The minimum Gasteiger partial charge on any atom is -0.410 e. The lowest BCUT2D eigenvalue weighted by Crippen LogP contribution is -2.16. The van der Waals surface area contributed by atoms with Gasteiger partial charge in [-0.2, -0.15) is 0 Å². The first kappa shape index (κ1) is 9.98. The van der Waals surface area contributed by atoms with E-state index in [1.165, 1.54) is 11.1 Å². The van der Waals surface area contributed by atoms with Crippen LogP contribution in [-0.2, 0) is 12.8 Å². The van der Waals surface area contributed by atoms with Gasteiger partial charge in [0.2, 0.25) is 0 Å². The molecule has 0 unspecified atom stereocenters. The first-order chi connectivity index (χ1) is 7.25. The number of hydrogen-bond donors (Lipinski definition) is 2. The van der Waals surface area contributed by atoms with Gasteiger partial charge in [-0.3, -0.25) is 0 Å². The van der Waals surface area contributed by atoms with Crippen LogP contribution in [0.4, 0.5) is 4.79 Å². The van der Waals surface area contributed by atoms with E-state index in [9.17, 15) is 4.79 Å². The first-order valence-electron chi connectivity index (χ1n) is 5.05. The maximum absolute atomic E-state index is 10.6. The van der Waals surface area contributed by atoms with Crippen molar-refractivity contribution in [2.75, 3.05) is 13.1 Å². The van der Waals surface area contributed by atoms with Crippen molar-refractivity contribution < 1.29 is 9.53 Å². The molecule has 0 saturated carbocycles. The molecule has 0 radical (unpaired) electrons. The fourth-order valence-corrected chi connectivity index (χ4v) is 1.83. The second kappa shape index (κ2) is 4.31. The van der Waals surface area contributed by atoms with Crippen LogP contribution in [0.1, 0.15) is 11.1 Å². The molecule has 0 atom stereocenters. The number of hydrogen-bond acceptors (Lipinski definition) is 3. The summed E-state index contributed by atoms with van der Waals surface area (Å²) in [5, 5.41) is 3.32. The number of ether oxygens (including phenoxy) is 1. The normalized spacial score (nSPS) is 15.2. The number of rotatable bonds is 1. The molecule has 3 N–H and O–H groups in total. The molecule has 1 amide bonds. The molecule has 15 heavy (non-hydrogen) atoms. The van der Waals surface area contributed by atoms with Gasteiger partial charge in [0.1, 0.15) is 5.75 Å². The van der Waals surface area contributed by atoms with E-state index < -0.39 is 6.09 Å². The molecule has 0 aromatic heterocycles. The zero-order chi connectivity index (χ0) is 10.7. The van der Waals surface area contributed by atoms with Crippen LogP contribution in [-0.4, -0.2) is 19.2 Å². The van der Waals surface area contributed by atoms with Crippen molar-refractivity contribution in [1.82, 2.24) is 5.32 Å². The average Bonchev–Trinajstić information content (AvgIpc) is 2.41. The summed E-state index contributed by atoms with van der Waals surface area (Å²) in [6.45, 7) is 1.97. The highest BCUT2D eigenvalue weighted by molar-refractivity contribution is 5.68. The van der Waals surface area contributed by atoms with Crippen molar-refractivity contribution in [2.24, 2.45) is 5.73 Å². The Labute approximate surface area is 88.4 Å². The monoisotopic (exact) mass is 206 g/mol. The fraction of sp³-hybridized carbons (Fsp3) is 0.364. The summed E-state index contributed by atoms with van der Waals surface area (Å²) in [6.07, 6.45) is 1.22. The number of nitrogens with two attached hydrogens (primary N) is 1. The number of benzene rings is 1. The van der Waals surface area contributed by atoms with Gasteiger partial charge in [0.25, 0.3) is 0 Å². The highest BCUT2D eigenvalue weighted by atomic mass is 16.5. The molecule has 0 bridgehead atoms. The number of fused-ring (bicyclic) bond motifs is 1. The van der Waals surface area contributed by atoms with Crippen LogP contribution in [0.25, 0.3) is 0 Å². The summed E-state index contributed by atoms with van der Waals surface area (Å²) in [5.74, 6) is 0.531. The quantitative estimate of drug-likeness (QED) is 0.715. The summed E-state index contributed by atoms with van der Waals surface area (Å²) in [7, 11) is 0. The van der Waals surface area contributed by atoms with E-state index in [1.807, 2.05) is 12.1 Å². The van der Waals surface area contributed by atoms with E-state index in [1.54, 1.807) is 6.07 Å². The second-order valence-electron chi connectivity index (χ2n) is 3.60.